The van der Waals surface area contributed by atoms with Crippen LogP contribution in [-0.2, 0) is 4.79 Å². The monoisotopic (exact) mass is 534 g/mol. The summed E-state index contributed by atoms with van der Waals surface area (Å²) in [7, 11) is 0. The first-order valence-corrected chi connectivity index (χ1v) is 13.4. The molecule has 0 saturated heterocycles. The highest BCUT2D eigenvalue weighted by Gasteiger charge is 2.14. The van der Waals surface area contributed by atoms with E-state index in [1.807, 2.05) is 30.3 Å². The van der Waals surface area contributed by atoms with Crippen molar-refractivity contribution in [2.75, 3.05) is 12.4 Å². The van der Waals surface area contributed by atoms with Crippen molar-refractivity contribution in [2.24, 2.45) is 5.10 Å². The number of hydrogen-bond donors (Lipinski definition) is 1. The van der Waals surface area contributed by atoms with E-state index < -0.39 is 0 Å². The molecule has 190 valence electrons. The van der Waals surface area contributed by atoms with Gasteiger partial charge in [0.15, 0.2) is 5.16 Å². The standard InChI is InChI=1S/C28H27ClN4O3S/c1-2-3-6-17-36-23-15-9-20(10-16-23)18-30-32-26(34)19-37-28-31-25-8-5-4-7-24(25)27(35)33(28)22-13-11-21(29)12-14-22/h4-5,7-16,18H,2-3,6,17,19H2,1H3,(H,32,34)/b30-18+. The van der Waals surface area contributed by atoms with Crippen molar-refractivity contribution in [1.29, 1.82) is 0 Å². The molecule has 4 rings (SSSR count). The summed E-state index contributed by atoms with van der Waals surface area (Å²) in [6, 6.07) is 21.6. The van der Waals surface area contributed by atoms with Gasteiger partial charge in [-0.2, -0.15) is 5.10 Å². The van der Waals surface area contributed by atoms with Crippen molar-refractivity contribution in [2.45, 2.75) is 31.3 Å². The number of thioether (sulfide) groups is 1. The molecule has 0 atom stereocenters. The predicted molar refractivity (Wildman–Crippen MR) is 150 cm³/mol. The fourth-order valence-corrected chi connectivity index (χ4v) is 4.49. The molecule has 1 amide bonds. The average molecular weight is 535 g/mol. The molecule has 0 aliphatic heterocycles. The van der Waals surface area contributed by atoms with Crippen LogP contribution in [0.25, 0.3) is 16.6 Å². The molecule has 37 heavy (non-hydrogen) atoms. The van der Waals surface area contributed by atoms with Gasteiger partial charge in [-0.1, -0.05) is 55.3 Å². The number of carbonyl (C=O) groups is 1. The van der Waals surface area contributed by atoms with E-state index in [0.717, 1.165) is 42.3 Å². The van der Waals surface area contributed by atoms with Crippen LogP contribution < -0.4 is 15.7 Å². The van der Waals surface area contributed by atoms with Gasteiger partial charge < -0.3 is 4.74 Å². The third-order valence-corrected chi connectivity index (χ3v) is 6.65. The first-order valence-electron chi connectivity index (χ1n) is 12.0. The molecule has 1 aromatic heterocycles. The lowest BCUT2D eigenvalue weighted by Gasteiger charge is -2.13. The van der Waals surface area contributed by atoms with E-state index in [9.17, 15) is 9.59 Å². The first-order chi connectivity index (χ1) is 18.0. The number of hydrazone groups is 1. The molecule has 3 aromatic carbocycles. The Morgan fingerprint density at radius 2 is 1.84 bits per heavy atom. The number of rotatable bonds is 11. The molecule has 0 aliphatic carbocycles. The van der Waals surface area contributed by atoms with Gasteiger partial charge in [0.2, 0.25) is 0 Å². The Morgan fingerprint density at radius 1 is 1.08 bits per heavy atom. The van der Waals surface area contributed by atoms with Crippen LogP contribution in [0.5, 0.6) is 5.75 Å². The lowest BCUT2D eigenvalue weighted by molar-refractivity contribution is -0.118. The van der Waals surface area contributed by atoms with Gasteiger partial charge >= 0.3 is 0 Å². The fraction of sp³-hybridized carbons (Fsp3) is 0.214. The highest BCUT2D eigenvalue weighted by molar-refractivity contribution is 7.99. The molecule has 0 aliphatic rings. The second kappa shape index (κ2) is 13.1. The van der Waals surface area contributed by atoms with Crippen molar-refractivity contribution in [1.82, 2.24) is 15.0 Å². The number of carbonyl (C=O) groups excluding carboxylic acids is 1. The Kier molecular flexibility index (Phi) is 9.35. The van der Waals surface area contributed by atoms with Crippen molar-refractivity contribution >= 4 is 46.4 Å². The summed E-state index contributed by atoms with van der Waals surface area (Å²) < 4.78 is 7.20. The van der Waals surface area contributed by atoms with Gasteiger partial charge in [-0.25, -0.2) is 10.4 Å². The molecule has 1 N–H and O–H groups in total. The smallest absolute Gasteiger partial charge is 0.266 e. The minimum atomic E-state index is -0.317. The molecule has 0 unspecified atom stereocenters. The first kappa shape index (κ1) is 26.4. The van der Waals surface area contributed by atoms with Crippen molar-refractivity contribution in [3.63, 3.8) is 0 Å². The second-order valence-corrected chi connectivity index (χ2v) is 9.61. The number of aromatic nitrogens is 2. The van der Waals surface area contributed by atoms with E-state index >= 15 is 0 Å². The highest BCUT2D eigenvalue weighted by atomic mass is 35.5. The molecule has 0 fully saturated rings. The van der Waals surface area contributed by atoms with Crippen LogP contribution >= 0.6 is 23.4 Å². The van der Waals surface area contributed by atoms with Crippen LogP contribution in [0.15, 0.2) is 87.8 Å². The minimum absolute atomic E-state index is 0.0280. The molecule has 0 saturated carbocycles. The van der Waals surface area contributed by atoms with E-state index in [4.69, 9.17) is 16.3 Å². The summed E-state index contributed by atoms with van der Waals surface area (Å²) in [6.45, 7) is 2.86. The normalized spacial score (nSPS) is 11.2. The van der Waals surface area contributed by atoms with E-state index in [1.54, 1.807) is 48.7 Å². The number of nitrogens with one attached hydrogen (secondary N) is 1. The SMILES string of the molecule is CCCCCOc1ccc(/C=N/NC(=O)CSc2nc3ccccc3c(=O)n2-c2ccc(Cl)cc2)cc1. The summed E-state index contributed by atoms with van der Waals surface area (Å²) in [5, 5.41) is 5.50. The lowest BCUT2D eigenvalue weighted by atomic mass is 10.2. The lowest BCUT2D eigenvalue weighted by Crippen LogP contribution is -2.24. The maximum atomic E-state index is 13.3. The van der Waals surface area contributed by atoms with E-state index in [2.05, 4.69) is 22.4 Å². The number of para-hydroxylation sites is 1. The number of nitrogens with zero attached hydrogens (tertiary/aromatic N) is 3. The maximum Gasteiger partial charge on any atom is 0.266 e. The van der Waals surface area contributed by atoms with Gasteiger partial charge in [-0.15, -0.1) is 0 Å². The average Bonchev–Trinajstić information content (AvgIpc) is 2.92. The number of hydrogen-bond acceptors (Lipinski definition) is 6. The van der Waals surface area contributed by atoms with Gasteiger partial charge in [0, 0.05) is 5.02 Å². The number of ether oxygens (including phenoxy) is 1. The number of benzene rings is 3. The van der Waals surface area contributed by atoms with Crippen LogP contribution in [0, 0.1) is 0 Å². The van der Waals surface area contributed by atoms with Crippen LogP contribution in [-0.4, -0.2) is 34.0 Å². The summed E-state index contributed by atoms with van der Waals surface area (Å²) in [5.41, 5.74) is 4.33. The maximum absolute atomic E-state index is 13.3. The largest absolute Gasteiger partial charge is 0.494 e. The molecular weight excluding hydrogens is 508 g/mol. The van der Waals surface area contributed by atoms with Crippen molar-refractivity contribution in [3.8, 4) is 11.4 Å². The van der Waals surface area contributed by atoms with Gasteiger partial charge in [0.05, 0.1) is 35.2 Å². The molecule has 0 radical (unpaired) electrons. The number of halogens is 1. The van der Waals surface area contributed by atoms with Crippen LogP contribution in [0.3, 0.4) is 0 Å². The Morgan fingerprint density at radius 3 is 2.59 bits per heavy atom. The minimum Gasteiger partial charge on any atom is -0.494 e. The number of unbranched alkanes of at least 4 members (excludes halogenated alkanes) is 2. The van der Waals surface area contributed by atoms with Gasteiger partial charge in [0.25, 0.3) is 11.5 Å². The molecule has 9 heteroatoms. The Bertz CT molecular complexity index is 1440. The van der Waals surface area contributed by atoms with Crippen LogP contribution in [0.2, 0.25) is 5.02 Å². The molecule has 4 aromatic rings. The number of amides is 1. The molecule has 0 spiro atoms. The Balaban J connectivity index is 1.40. The Hall–Kier alpha value is -3.62. The molecule has 0 bridgehead atoms. The van der Waals surface area contributed by atoms with Gasteiger partial charge in [-0.05, 0) is 72.6 Å². The number of fused-ring (bicyclic) bond motifs is 1. The zero-order chi connectivity index (χ0) is 26.0. The molecule has 1 heterocycles. The van der Waals surface area contributed by atoms with Crippen molar-refractivity contribution in [3.05, 3.63) is 93.7 Å². The summed E-state index contributed by atoms with van der Waals surface area (Å²) in [5.74, 6) is 0.519. The third kappa shape index (κ3) is 7.21. The van der Waals surface area contributed by atoms with Crippen LogP contribution in [0.4, 0.5) is 0 Å². The summed E-state index contributed by atoms with van der Waals surface area (Å²) >= 11 is 7.19. The van der Waals surface area contributed by atoms with Crippen molar-refractivity contribution < 1.29 is 9.53 Å². The van der Waals surface area contributed by atoms with Crippen LogP contribution in [0.1, 0.15) is 31.7 Å². The summed E-state index contributed by atoms with van der Waals surface area (Å²) in [4.78, 5) is 30.4. The third-order valence-electron chi connectivity index (χ3n) is 5.46. The zero-order valence-electron chi connectivity index (χ0n) is 20.4. The topological polar surface area (TPSA) is 85.6 Å². The fourth-order valence-electron chi connectivity index (χ4n) is 3.56. The summed E-state index contributed by atoms with van der Waals surface area (Å²) in [6.07, 6.45) is 4.91. The zero-order valence-corrected chi connectivity index (χ0v) is 22.0. The van der Waals surface area contributed by atoms with E-state index in [1.165, 1.54) is 4.57 Å². The highest BCUT2D eigenvalue weighted by Crippen LogP contribution is 2.22. The predicted octanol–water partition coefficient (Wildman–Crippen LogP) is 5.85. The van der Waals surface area contributed by atoms with E-state index in [-0.39, 0.29) is 17.2 Å². The Labute approximate surface area is 224 Å². The molecular formula is C28H27ClN4O3S. The molecule has 7 nitrogen and oxygen atoms in total. The van der Waals surface area contributed by atoms with E-state index in [0.29, 0.717) is 33.4 Å². The van der Waals surface area contributed by atoms with Gasteiger partial charge in [-0.3, -0.25) is 14.2 Å². The van der Waals surface area contributed by atoms with Gasteiger partial charge in [0.1, 0.15) is 5.75 Å². The second-order valence-electron chi connectivity index (χ2n) is 8.23. The quantitative estimate of drug-likeness (QED) is 0.0857.